The van der Waals surface area contributed by atoms with Crippen LogP contribution in [-0.2, 0) is 0 Å². The predicted octanol–water partition coefficient (Wildman–Crippen LogP) is 4.36. The molecule has 2 aromatic rings. The number of nitrogens with one attached hydrogen (secondary N) is 2. The van der Waals surface area contributed by atoms with Gasteiger partial charge in [0.05, 0.1) is 16.4 Å². The lowest BCUT2D eigenvalue weighted by atomic mass is 10.1. The smallest absolute Gasteiger partial charge is 0.223 e. The second-order valence-electron chi connectivity index (χ2n) is 6.35. The highest BCUT2D eigenvalue weighted by Gasteiger charge is 2.20. The van der Waals surface area contributed by atoms with E-state index in [-0.39, 0.29) is 0 Å². The van der Waals surface area contributed by atoms with Crippen molar-refractivity contribution in [2.45, 2.75) is 31.7 Å². The molecule has 1 aromatic heterocycles. The summed E-state index contributed by atoms with van der Waals surface area (Å²) in [5.41, 5.74) is 3.27. The fourth-order valence-electron chi connectivity index (χ4n) is 3.22. The van der Waals surface area contributed by atoms with Gasteiger partial charge in [-0.2, -0.15) is 5.26 Å². The molecule has 4 rings (SSSR count). The molecule has 2 N–H and O–H groups in total. The number of benzene rings is 1. The van der Waals surface area contributed by atoms with Crippen LogP contribution in [0.5, 0.6) is 0 Å². The maximum Gasteiger partial charge on any atom is 0.223 e. The van der Waals surface area contributed by atoms with E-state index in [9.17, 15) is 5.26 Å². The van der Waals surface area contributed by atoms with E-state index in [1.54, 1.807) is 12.3 Å². The van der Waals surface area contributed by atoms with E-state index in [4.69, 9.17) is 0 Å². The standard InChI is InChI=1S/C20H19N5S/c21-12-16(19-24-18(13-26-19)14-6-2-1-3-7-14)17-10-11-22-20(25-17)23-15-8-4-5-9-15/h1-3,6-7,10-11,13,15,24H,4-5,8-9H2,(H,22,23,25). The highest BCUT2D eigenvalue weighted by atomic mass is 32.2. The van der Waals surface area contributed by atoms with Crippen LogP contribution < -0.4 is 10.6 Å². The Hall–Kier alpha value is -2.78. The maximum atomic E-state index is 9.71. The molecule has 1 aromatic carbocycles. The van der Waals surface area contributed by atoms with Gasteiger partial charge in [0.25, 0.3) is 0 Å². The number of allylic oxidation sites excluding steroid dienone is 1. The molecule has 0 spiro atoms. The van der Waals surface area contributed by atoms with Gasteiger partial charge in [-0.15, -0.1) is 0 Å². The van der Waals surface area contributed by atoms with Gasteiger partial charge in [-0.3, -0.25) is 0 Å². The largest absolute Gasteiger partial charge is 0.351 e. The number of rotatable bonds is 4. The number of anilines is 1. The number of thioether (sulfide) groups is 1. The molecule has 0 bridgehead atoms. The number of hydrogen-bond acceptors (Lipinski definition) is 6. The summed E-state index contributed by atoms with van der Waals surface area (Å²) >= 11 is 1.51. The summed E-state index contributed by atoms with van der Waals surface area (Å²) in [7, 11) is 0. The SMILES string of the molecule is N#CC(=C1NC(c2ccccc2)=CS1)c1ccnc(NC2CCCC2)n1. The Morgan fingerprint density at radius 1 is 1.19 bits per heavy atom. The molecule has 1 aliphatic carbocycles. The monoisotopic (exact) mass is 361 g/mol. The second kappa shape index (κ2) is 7.63. The van der Waals surface area contributed by atoms with Gasteiger partial charge in [0, 0.05) is 17.6 Å². The van der Waals surface area contributed by atoms with Crippen molar-refractivity contribution in [2.75, 3.05) is 5.32 Å². The van der Waals surface area contributed by atoms with Gasteiger partial charge in [-0.25, -0.2) is 9.97 Å². The fraction of sp³-hybridized carbons (Fsp3) is 0.250. The second-order valence-corrected chi connectivity index (χ2v) is 7.23. The predicted molar refractivity (Wildman–Crippen MR) is 106 cm³/mol. The zero-order chi connectivity index (χ0) is 17.8. The van der Waals surface area contributed by atoms with E-state index >= 15 is 0 Å². The molecule has 1 fully saturated rings. The topological polar surface area (TPSA) is 73.6 Å². The fourth-order valence-corrected chi connectivity index (χ4v) is 4.09. The quantitative estimate of drug-likeness (QED) is 0.788. The average molecular weight is 361 g/mol. The van der Waals surface area contributed by atoms with Gasteiger partial charge < -0.3 is 10.6 Å². The van der Waals surface area contributed by atoms with Crippen LogP contribution in [0.4, 0.5) is 5.95 Å². The van der Waals surface area contributed by atoms with Crippen LogP contribution >= 0.6 is 11.8 Å². The number of nitrogens with zero attached hydrogens (tertiary/aromatic N) is 3. The third-order valence-corrected chi connectivity index (χ3v) is 5.46. The molecule has 0 amide bonds. The van der Waals surface area contributed by atoms with Crippen LogP contribution in [0.1, 0.15) is 36.9 Å². The van der Waals surface area contributed by atoms with E-state index in [0.29, 0.717) is 23.3 Å². The van der Waals surface area contributed by atoms with E-state index in [1.165, 1.54) is 24.6 Å². The zero-order valence-electron chi connectivity index (χ0n) is 14.3. The summed E-state index contributed by atoms with van der Waals surface area (Å²) in [5.74, 6) is 0.599. The van der Waals surface area contributed by atoms with Gasteiger partial charge >= 0.3 is 0 Å². The van der Waals surface area contributed by atoms with Crippen LogP contribution in [0.3, 0.4) is 0 Å². The van der Waals surface area contributed by atoms with Gasteiger partial charge in [0.2, 0.25) is 5.95 Å². The molecular weight excluding hydrogens is 342 g/mol. The van der Waals surface area contributed by atoms with Crippen molar-refractivity contribution in [3.63, 3.8) is 0 Å². The molecule has 1 saturated carbocycles. The molecule has 130 valence electrons. The third-order valence-electron chi connectivity index (χ3n) is 4.57. The number of hydrogen-bond donors (Lipinski definition) is 2. The molecule has 2 heterocycles. The van der Waals surface area contributed by atoms with Gasteiger partial charge in [0.1, 0.15) is 11.6 Å². The molecular formula is C20H19N5S. The summed E-state index contributed by atoms with van der Waals surface area (Å²) in [4.78, 5) is 8.88. The molecule has 0 radical (unpaired) electrons. The Morgan fingerprint density at radius 2 is 2.00 bits per heavy atom. The normalized spacial score (nSPS) is 18.8. The lowest BCUT2D eigenvalue weighted by Crippen LogP contribution is -2.17. The maximum absolute atomic E-state index is 9.71. The van der Waals surface area contributed by atoms with Crippen LogP contribution in [0.15, 0.2) is 53.0 Å². The number of aromatic nitrogens is 2. The van der Waals surface area contributed by atoms with E-state index in [1.807, 2.05) is 35.7 Å². The minimum atomic E-state index is 0.439. The Labute approximate surface area is 157 Å². The molecule has 0 unspecified atom stereocenters. The summed E-state index contributed by atoms with van der Waals surface area (Å²) in [5, 5.41) is 19.3. The van der Waals surface area contributed by atoms with Gasteiger partial charge in [-0.05, 0) is 24.5 Å². The molecule has 26 heavy (non-hydrogen) atoms. The van der Waals surface area contributed by atoms with Crippen molar-refractivity contribution in [3.05, 3.63) is 64.3 Å². The molecule has 5 nitrogen and oxygen atoms in total. The third kappa shape index (κ3) is 3.58. The average Bonchev–Trinajstić information content (AvgIpc) is 3.36. The first kappa shape index (κ1) is 16.7. The summed E-state index contributed by atoms with van der Waals surface area (Å²) < 4.78 is 0. The highest BCUT2D eigenvalue weighted by molar-refractivity contribution is 8.06. The van der Waals surface area contributed by atoms with Crippen LogP contribution in [0.25, 0.3) is 11.3 Å². The molecule has 2 aliphatic rings. The molecule has 1 aliphatic heterocycles. The van der Waals surface area contributed by atoms with Crippen LogP contribution in [0.2, 0.25) is 0 Å². The van der Waals surface area contributed by atoms with Crippen molar-refractivity contribution in [2.24, 2.45) is 0 Å². The lowest BCUT2D eigenvalue weighted by Gasteiger charge is -2.12. The van der Waals surface area contributed by atoms with Gasteiger partial charge in [-0.1, -0.05) is 54.9 Å². The minimum absolute atomic E-state index is 0.439. The zero-order valence-corrected chi connectivity index (χ0v) is 15.1. The van der Waals surface area contributed by atoms with Crippen LogP contribution in [0, 0.1) is 11.3 Å². The Balaban J connectivity index is 1.56. The number of nitriles is 1. The lowest BCUT2D eigenvalue weighted by molar-refractivity contribution is 0.743. The first-order valence-electron chi connectivity index (χ1n) is 8.77. The summed E-state index contributed by atoms with van der Waals surface area (Å²) in [6.45, 7) is 0. The van der Waals surface area contributed by atoms with E-state index in [0.717, 1.165) is 29.1 Å². The Morgan fingerprint density at radius 3 is 2.77 bits per heavy atom. The first-order chi connectivity index (χ1) is 12.8. The van der Waals surface area contributed by atoms with Crippen molar-refractivity contribution < 1.29 is 0 Å². The van der Waals surface area contributed by atoms with Crippen molar-refractivity contribution in [1.82, 2.24) is 15.3 Å². The van der Waals surface area contributed by atoms with Crippen molar-refractivity contribution in [3.8, 4) is 6.07 Å². The molecule has 0 atom stereocenters. The highest BCUT2D eigenvalue weighted by Crippen LogP contribution is 2.34. The Bertz CT molecular complexity index is 892. The van der Waals surface area contributed by atoms with Crippen molar-refractivity contribution >= 4 is 29.0 Å². The molecule has 6 heteroatoms. The van der Waals surface area contributed by atoms with Gasteiger partial charge in [0.15, 0.2) is 0 Å². The van der Waals surface area contributed by atoms with E-state index in [2.05, 4.69) is 26.7 Å². The molecule has 0 saturated heterocycles. The minimum Gasteiger partial charge on any atom is -0.351 e. The first-order valence-corrected chi connectivity index (χ1v) is 9.65. The summed E-state index contributed by atoms with van der Waals surface area (Å²) in [6.07, 6.45) is 6.52. The van der Waals surface area contributed by atoms with E-state index < -0.39 is 0 Å². The van der Waals surface area contributed by atoms with Crippen molar-refractivity contribution in [1.29, 1.82) is 5.26 Å². The summed E-state index contributed by atoms with van der Waals surface area (Å²) in [6, 6.07) is 14.6. The van der Waals surface area contributed by atoms with Crippen LogP contribution in [-0.4, -0.2) is 16.0 Å². The Kier molecular flexibility index (Phi) is 4.89.